The molecule has 0 spiro atoms. The standard InChI is InChI=1S/C22H28N2O4S/c1-15-8-6-9-16(2)20(15)24-13-7-12-22(4,29(24,26)27)21(25)23-19-11-10-18(28-5)14-17(19)3/h6,8-11,14H,7,12-13H2,1-5H3,(H,23,25)/t22-/m0/s1. The third-order valence-electron chi connectivity index (χ3n) is 5.73. The fourth-order valence-corrected chi connectivity index (χ4v) is 5.94. The van der Waals surface area contributed by atoms with Crippen LogP contribution in [0.1, 0.15) is 36.5 Å². The number of benzene rings is 2. The van der Waals surface area contributed by atoms with Crippen LogP contribution in [0.2, 0.25) is 0 Å². The Kier molecular flexibility index (Phi) is 5.63. The Labute approximate surface area is 172 Å². The maximum atomic E-state index is 13.6. The minimum absolute atomic E-state index is 0.276. The number of hydrogen-bond acceptors (Lipinski definition) is 4. The van der Waals surface area contributed by atoms with Crippen LogP contribution in [0.3, 0.4) is 0 Å². The molecule has 0 saturated carbocycles. The lowest BCUT2D eigenvalue weighted by atomic mass is 10.0. The number of hydrogen-bond donors (Lipinski definition) is 1. The van der Waals surface area contributed by atoms with E-state index in [1.807, 2.05) is 39.0 Å². The molecule has 2 aromatic rings. The van der Waals surface area contributed by atoms with Crippen molar-refractivity contribution in [1.82, 2.24) is 0 Å². The number of carbonyl (C=O) groups excluding carboxylic acids is 1. The number of ether oxygens (including phenoxy) is 1. The van der Waals surface area contributed by atoms with E-state index in [0.29, 0.717) is 30.1 Å². The molecule has 1 heterocycles. The molecule has 156 valence electrons. The summed E-state index contributed by atoms with van der Waals surface area (Å²) in [6, 6.07) is 11.0. The number of sulfonamides is 1. The minimum atomic E-state index is -3.91. The average molecular weight is 417 g/mol. The summed E-state index contributed by atoms with van der Waals surface area (Å²) in [4.78, 5) is 13.2. The summed E-state index contributed by atoms with van der Waals surface area (Å²) in [7, 11) is -2.34. The van der Waals surface area contributed by atoms with Gasteiger partial charge < -0.3 is 10.1 Å². The number of rotatable bonds is 4. The summed E-state index contributed by atoms with van der Waals surface area (Å²) in [5.74, 6) is 0.167. The molecule has 1 atom stereocenters. The van der Waals surface area contributed by atoms with E-state index in [9.17, 15) is 13.2 Å². The third-order valence-corrected chi connectivity index (χ3v) is 8.20. The molecule has 29 heavy (non-hydrogen) atoms. The molecule has 0 radical (unpaired) electrons. The van der Waals surface area contributed by atoms with Gasteiger partial charge in [0, 0.05) is 12.2 Å². The molecule has 1 aliphatic rings. The van der Waals surface area contributed by atoms with Crippen LogP contribution in [0.5, 0.6) is 5.75 Å². The monoisotopic (exact) mass is 416 g/mol. The first-order chi connectivity index (χ1) is 13.6. The second-order valence-corrected chi connectivity index (χ2v) is 10.1. The van der Waals surface area contributed by atoms with Gasteiger partial charge in [-0.1, -0.05) is 18.2 Å². The first-order valence-corrected chi connectivity index (χ1v) is 11.1. The lowest BCUT2D eigenvalue weighted by Crippen LogP contribution is -2.57. The van der Waals surface area contributed by atoms with E-state index in [-0.39, 0.29) is 6.42 Å². The van der Waals surface area contributed by atoms with E-state index in [1.165, 1.54) is 11.2 Å². The Morgan fingerprint density at radius 2 is 1.76 bits per heavy atom. The molecule has 1 aliphatic heterocycles. The van der Waals surface area contributed by atoms with Gasteiger partial charge in [0.25, 0.3) is 0 Å². The molecule has 1 N–H and O–H groups in total. The maximum absolute atomic E-state index is 13.6. The molecule has 0 bridgehead atoms. The van der Waals surface area contributed by atoms with E-state index < -0.39 is 20.7 Å². The van der Waals surface area contributed by atoms with Gasteiger partial charge in [0.05, 0.1) is 12.8 Å². The van der Waals surface area contributed by atoms with Crippen LogP contribution in [-0.4, -0.2) is 32.7 Å². The van der Waals surface area contributed by atoms with Crippen LogP contribution < -0.4 is 14.4 Å². The fraction of sp³-hybridized carbons (Fsp3) is 0.409. The smallest absolute Gasteiger partial charge is 0.249 e. The highest BCUT2D eigenvalue weighted by Gasteiger charge is 2.52. The predicted molar refractivity (Wildman–Crippen MR) is 116 cm³/mol. The van der Waals surface area contributed by atoms with Crippen LogP contribution in [0, 0.1) is 20.8 Å². The number of anilines is 2. The second kappa shape index (κ2) is 7.71. The highest BCUT2D eigenvalue weighted by atomic mass is 32.2. The average Bonchev–Trinajstić information content (AvgIpc) is 2.66. The Hall–Kier alpha value is -2.54. The van der Waals surface area contributed by atoms with Crippen molar-refractivity contribution in [2.45, 2.75) is 45.3 Å². The molecule has 1 fully saturated rings. The molecule has 1 saturated heterocycles. The van der Waals surface area contributed by atoms with Gasteiger partial charge in [-0.05, 0) is 75.4 Å². The summed E-state index contributed by atoms with van der Waals surface area (Å²) >= 11 is 0. The topological polar surface area (TPSA) is 75.7 Å². The zero-order valence-electron chi connectivity index (χ0n) is 17.6. The molecular formula is C22H28N2O4S. The highest BCUT2D eigenvalue weighted by Crippen LogP contribution is 2.39. The van der Waals surface area contributed by atoms with Gasteiger partial charge in [-0.2, -0.15) is 0 Å². The molecule has 0 aliphatic carbocycles. The van der Waals surface area contributed by atoms with Crippen molar-refractivity contribution < 1.29 is 17.9 Å². The molecule has 6 nitrogen and oxygen atoms in total. The summed E-state index contributed by atoms with van der Waals surface area (Å²) < 4.78 is 32.3. The Balaban J connectivity index is 1.97. The zero-order valence-corrected chi connectivity index (χ0v) is 18.4. The van der Waals surface area contributed by atoms with Crippen LogP contribution in [0.4, 0.5) is 11.4 Å². The van der Waals surface area contributed by atoms with Crippen molar-refractivity contribution in [3.8, 4) is 5.75 Å². The first kappa shape index (κ1) is 21.2. The third kappa shape index (κ3) is 3.59. The molecule has 3 rings (SSSR count). The largest absolute Gasteiger partial charge is 0.497 e. The summed E-state index contributed by atoms with van der Waals surface area (Å²) in [5.41, 5.74) is 3.82. The number of nitrogens with one attached hydrogen (secondary N) is 1. The van der Waals surface area contributed by atoms with Crippen LogP contribution in [0.25, 0.3) is 0 Å². The molecule has 0 unspecified atom stereocenters. The minimum Gasteiger partial charge on any atom is -0.497 e. The molecular weight excluding hydrogens is 388 g/mol. The van der Waals surface area contributed by atoms with Crippen molar-refractivity contribution >= 4 is 27.3 Å². The summed E-state index contributed by atoms with van der Waals surface area (Å²) in [5, 5.41) is 2.83. The summed E-state index contributed by atoms with van der Waals surface area (Å²) in [6.07, 6.45) is 0.885. The number of amides is 1. The molecule has 2 aromatic carbocycles. The molecule has 7 heteroatoms. The second-order valence-electron chi connectivity index (χ2n) is 7.79. The number of para-hydroxylation sites is 1. The van der Waals surface area contributed by atoms with Crippen LogP contribution in [0.15, 0.2) is 36.4 Å². The zero-order chi connectivity index (χ0) is 21.4. The quantitative estimate of drug-likeness (QED) is 0.819. The van der Waals surface area contributed by atoms with Crippen molar-refractivity contribution in [2.75, 3.05) is 23.3 Å². The lowest BCUT2D eigenvalue weighted by Gasteiger charge is -2.40. The SMILES string of the molecule is COc1ccc(NC(=O)[C@]2(C)CCCN(c3c(C)cccc3C)S2(=O)=O)c(C)c1. The van der Waals surface area contributed by atoms with E-state index in [4.69, 9.17) is 4.74 Å². The van der Waals surface area contributed by atoms with Crippen LogP contribution in [-0.2, 0) is 14.8 Å². The van der Waals surface area contributed by atoms with Gasteiger partial charge in [-0.25, -0.2) is 8.42 Å². The number of methoxy groups -OCH3 is 1. The highest BCUT2D eigenvalue weighted by molar-refractivity contribution is 7.95. The Morgan fingerprint density at radius 3 is 2.34 bits per heavy atom. The number of nitrogens with zero attached hydrogens (tertiary/aromatic N) is 1. The van der Waals surface area contributed by atoms with Gasteiger partial charge >= 0.3 is 0 Å². The fourth-order valence-electron chi connectivity index (χ4n) is 3.87. The van der Waals surface area contributed by atoms with Gasteiger partial charge in [-0.3, -0.25) is 9.10 Å². The van der Waals surface area contributed by atoms with E-state index >= 15 is 0 Å². The van der Waals surface area contributed by atoms with E-state index in [1.54, 1.807) is 25.3 Å². The van der Waals surface area contributed by atoms with Crippen molar-refractivity contribution in [3.05, 3.63) is 53.1 Å². The van der Waals surface area contributed by atoms with Crippen molar-refractivity contribution in [3.63, 3.8) is 0 Å². The van der Waals surface area contributed by atoms with Gasteiger partial charge in [0.15, 0.2) is 4.75 Å². The summed E-state index contributed by atoms with van der Waals surface area (Å²) in [6.45, 7) is 7.53. The van der Waals surface area contributed by atoms with Crippen molar-refractivity contribution in [2.24, 2.45) is 0 Å². The normalized spacial score (nSPS) is 20.9. The molecule has 0 aromatic heterocycles. The lowest BCUT2D eigenvalue weighted by molar-refractivity contribution is -0.118. The van der Waals surface area contributed by atoms with Gasteiger partial charge in [0.1, 0.15) is 5.75 Å². The van der Waals surface area contributed by atoms with Crippen molar-refractivity contribution in [1.29, 1.82) is 0 Å². The van der Waals surface area contributed by atoms with E-state index in [0.717, 1.165) is 16.7 Å². The van der Waals surface area contributed by atoms with Gasteiger partial charge in [0.2, 0.25) is 15.9 Å². The van der Waals surface area contributed by atoms with Gasteiger partial charge in [-0.15, -0.1) is 0 Å². The Bertz CT molecular complexity index is 1030. The van der Waals surface area contributed by atoms with Crippen LogP contribution >= 0.6 is 0 Å². The molecule has 1 amide bonds. The van der Waals surface area contributed by atoms with E-state index in [2.05, 4.69) is 5.32 Å². The number of carbonyl (C=O) groups is 1. The maximum Gasteiger partial charge on any atom is 0.249 e. The Morgan fingerprint density at radius 1 is 1.10 bits per heavy atom. The number of aryl methyl sites for hydroxylation is 3. The first-order valence-electron chi connectivity index (χ1n) is 9.66. The predicted octanol–water partition coefficient (Wildman–Crippen LogP) is 3.95.